The van der Waals surface area contributed by atoms with E-state index in [1.54, 1.807) is 19.1 Å². The Morgan fingerprint density at radius 1 is 1.35 bits per heavy atom. The minimum Gasteiger partial charge on any atom is -0.504 e. The summed E-state index contributed by atoms with van der Waals surface area (Å²) in [6, 6.07) is 9.43. The molecule has 1 amide bonds. The molecule has 0 fully saturated rings. The molecular weight excluding hydrogens is 443 g/mol. The number of hydrogen-bond acceptors (Lipinski definition) is 4. The normalized spacial score (nSPS) is 11.0. The first-order valence-corrected chi connectivity index (χ1v) is 8.94. The third-order valence-electron chi connectivity index (χ3n) is 3.22. The number of nitriles is 1. The Morgan fingerprint density at radius 3 is 2.69 bits per heavy atom. The van der Waals surface area contributed by atoms with Gasteiger partial charge in [0, 0.05) is 10.2 Å². The van der Waals surface area contributed by atoms with Crippen LogP contribution in [0.1, 0.15) is 12.5 Å². The van der Waals surface area contributed by atoms with Crippen molar-refractivity contribution in [3.63, 3.8) is 0 Å². The third-order valence-corrected chi connectivity index (χ3v) is 4.65. The number of amides is 1. The molecule has 0 unspecified atom stereocenters. The fourth-order valence-electron chi connectivity index (χ4n) is 2.02. The summed E-state index contributed by atoms with van der Waals surface area (Å²) in [6.07, 6.45) is 1.39. The summed E-state index contributed by atoms with van der Waals surface area (Å²) in [6.45, 7) is 2.14. The lowest BCUT2D eigenvalue weighted by molar-refractivity contribution is -0.112. The molecule has 0 atom stereocenters. The van der Waals surface area contributed by atoms with Gasteiger partial charge in [0.05, 0.1) is 16.7 Å². The van der Waals surface area contributed by atoms with Crippen LogP contribution >= 0.6 is 39.1 Å². The highest BCUT2D eigenvalue weighted by molar-refractivity contribution is 9.10. The Hall–Kier alpha value is -2.20. The number of carbonyl (C=O) groups is 1. The number of benzene rings is 2. The molecule has 0 aromatic heterocycles. The van der Waals surface area contributed by atoms with Crippen molar-refractivity contribution in [1.29, 1.82) is 5.26 Å². The minimum atomic E-state index is -0.608. The summed E-state index contributed by atoms with van der Waals surface area (Å²) < 4.78 is 5.83. The van der Waals surface area contributed by atoms with E-state index in [-0.39, 0.29) is 22.1 Å². The van der Waals surface area contributed by atoms with Gasteiger partial charge in [-0.15, -0.1) is 0 Å². The monoisotopic (exact) mass is 454 g/mol. The summed E-state index contributed by atoms with van der Waals surface area (Å²) >= 11 is 15.0. The van der Waals surface area contributed by atoms with Crippen LogP contribution in [0.2, 0.25) is 10.0 Å². The molecule has 2 aromatic rings. The Kier molecular flexibility index (Phi) is 6.92. The standard InChI is InChI=1S/C18H13BrCl2N2O3/c1-2-26-17-6-10(13(19)8-16(17)24)5-11(9-22)18(25)23-12-3-4-14(20)15(21)7-12/h3-8,24H,2H2,1H3,(H,23,25)/b11-5+. The average Bonchev–Trinajstić information content (AvgIpc) is 2.59. The number of hydrogen-bond donors (Lipinski definition) is 2. The van der Waals surface area contributed by atoms with Gasteiger partial charge in [0.2, 0.25) is 0 Å². The van der Waals surface area contributed by atoms with Crippen LogP contribution in [0.15, 0.2) is 40.4 Å². The summed E-state index contributed by atoms with van der Waals surface area (Å²) in [5, 5.41) is 22.4. The number of carbonyl (C=O) groups excluding carboxylic acids is 1. The van der Waals surface area contributed by atoms with E-state index in [1.807, 2.05) is 6.07 Å². The highest BCUT2D eigenvalue weighted by Gasteiger charge is 2.13. The molecule has 5 nitrogen and oxygen atoms in total. The lowest BCUT2D eigenvalue weighted by Gasteiger charge is -2.09. The molecule has 26 heavy (non-hydrogen) atoms. The topological polar surface area (TPSA) is 82.3 Å². The number of ether oxygens (including phenoxy) is 1. The summed E-state index contributed by atoms with van der Waals surface area (Å²) in [7, 11) is 0. The van der Waals surface area contributed by atoms with Gasteiger partial charge in [-0.25, -0.2) is 0 Å². The molecule has 0 saturated heterocycles. The van der Waals surface area contributed by atoms with Gasteiger partial charge < -0.3 is 15.2 Å². The van der Waals surface area contributed by atoms with Crippen molar-refractivity contribution in [2.45, 2.75) is 6.92 Å². The van der Waals surface area contributed by atoms with Gasteiger partial charge in [0.15, 0.2) is 11.5 Å². The molecule has 0 radical (unpaired) electrons. The number of aromatic hydroxyl groups is 1. The van der Waals surface area contributed by atoms with E-state index in [0.717, 1.165) is 0 Å². The molecule has 8 heteroatoms. The molecule has 2 rings (SSSR count). The van der Waals surface area contributed by atoms with Crippen LogP contribution in [0.25, 0.3) is 6.08 Å². The van der Waals surface area contributed by atoms with Crippen LogP contribution in [-0.2, 0) is 4.79 Å². The second kappa shape index (κ2) is 8.95. The van der Waals surface area contributed by atoms with Gasteiger partial charge in [-0.2, -0.15) is 5.26 Å². The largest absolute Gasteiger partial charge is 0.504 e. The molecule has 0 aliphatic carbocycles. The second-order valence-corrected chi connectivity index (χ2v) is 6.70. The zero-order chi connectivity index (χ0) is 19.3. The number of nitrogens with one attached hydrogen (secondary N) is 1. The van der Waals surface area contributed by atoms with E-state index in [9.17, 15) is 15.2 Å². The number of rotatable bonds is 5. The first kappa shape index (κ1) is 20.1. The van der Waals surface area contributed by atoms with Crippen LogP contribution in [0.4, 0.5) is 5.69 Å². The van der Waals surface area contributed by atoms with Gasteiger partial charge in [-0.1, -0.05) is 39.1 Å². The maximum Gasteiger partial charge on any atom is 0.266 e. The third kappa shape index (κ3) is 4.92. The van der Waals surface area contributed by atoms with Crippen LogP contribution in [0.3, 0.4) is 0 Å². The Labute approximate surface area is 168 Å². The van der Waals surface area contributed by atoms with Crippen LogP contribution < -0.4 is 10.1 Å². The van der Waals surface area contributed by atoms with Gasteiger partial charge in [-0.3, -0.25) is 4.79 Å². The Balaban J connectivity index is 2.32. The van der Waals surface area contributed by atoms with Crippen molar-refractivity contribution in [2.75, 3.05) is 11.9 Å². The SMILES string of the molecule is CCOc1cc(/C=C(\C#N)C(=O)Nc2ccc(Cl)c(Cl)c2)c(Br)cc1O. The van der Waals surface area contributed by atoms with Crippen molar-refractivity contribution in [3.05, 3.63) is 56.0 Å². The molecule has 0 aliphatic rings. The summed E-state index contributed by atoms with van der Waals surface area (Å²) in [5.74, 6) is -0.400. The smallest absolute Gasteiger partial charge is 0.266 e. The second-order valence-electron chi connectivity index (χ2n) is 5.03. The zero-order valence-corrected chi connectivity index (χ0v) is 16.6. The molecule has 2 aromatic carbocycles. The quantitative estimate of drug-likeness (QED) is 0.466. The highest BCUT2D eigenvalue weighted by atomic mass is 79.9. The van der Waals surface area contributed by atoms with Crippen molar-refractivity contribution < 1.29 is 14.6 Å². The van der Waals surface area contributed by atoms with E-state index in [2.05, 4.69) is 21.2 Å². The Bertz CT molecular complexity index is 923. The summed E-state index contributed by atoms with van der Waals surface area (Å²) in [4.78, 5) is 12.4. The first-order chi connectivity index (χ1) is 12.3. The molecule has 0 aliphatic heterocycles. The van der Waals surface area contributed by atoms with Gasteiger partial charge in [0.25, 0.3) is 5.91 Å². The van der Waals surface area contributed by atoms with Crippen molar-refractivity contribution >= 4 is 56.8 Å². The molecule has 2 N–H and O–H groups in total. The predicted molar refractivity (Wildman–Crippen MR) is 106 cm³/mol. The minimum absolute atomic E-state index is 0.0466. The molecule has 0 heterocycles. The number of nitrogens with zero attached hydrogens (tertiary/aromatic N) is 1. The maximum absolute atomic E-state index is 12.4. The first-order valence-electron chi connectivity index (χ1n) is 7.39. The number of halogens is 3. The van der Waals surface area contributed by atoms with Crippen molar-refractivity contribution in [2.24, 2.45) is 0 Å². The molecule has 0 spiro atoms. The highest BCUT2D eigenvalue weighted by Crippen LogP contribution is 2.34. The lowest BCUT2D eigenvalue weighted by atomic mass is 10.1. The Morgan fingerprint density at radius 2 is 2.08 bits per heavy atom. The van der Waals surface area contributed by atoms with Crippen LogP contribution in [0.5, 0.6) is 11.5 Å². The van der Waals surface area contributed by atoms with E-state index < -0.39 is 5.91 Å². The van der Waals surface area contributed by atoms with Gasteiger partial charge >= 0.3 is 0 Å². The number of phenols is 1. The van der Waals surface area contributed by atoms with E-state index in [0.29, 0.717) is 27.4 Å². The van der Waals surface area contributed by atoms with Gasteiger partial charge in [0.1, 0.15) is 11.6 Å². The number of anilines is 1. The van der Waals surface area contributed by atoms with E-state index in [4.69, 9.17) is 27.9 Å². The van der Waals surface area contributed by atoms with E-state index in [1.165, 1.54) is 24.3 Å². The molecule has 134 valence electrons. The molecule has 0 bridgehead atoms. The fourth-order valence-corrected chi connectivity index (χ4v) is 2.76. The fraction of sp³-hybridized carbons (Fsp3) is 0.111. The zero-order valence-electron chi connectivity index (χ0n) is 13.5. The summed E-state index contributed by atoms with van der Waals surface area (Å²) in [5.41, 5.74) is 0.780. The lowest BCUT2D eigenvalue weighted by Crippen LogP contribution is -2.13. The maximum atomic E-state index is 12.4. The number of phenolic OH excluding ortho intramolecular Hbond substituents is 1. The van der Waals surface area contributed by atoms with Crippen molar-refractivity contribution in [1.82, 2.24) is 0 Å². The van der Waals surface area contributed by atoms with Crippen LogP contribution in [0, 0.1) is 11.3 Å². The van der Waals surface area contributed by atoms with E-state index >= 15 is 0 Å². The van der Waals surface area contributed by atoms with Crippen LogP contribution in [-0.4, -0.2) is 17.6 Å². The molecule has 0 saturated carbocycles. The van der Waals surface area contributed by atoms with Crippen molar-refractivity contribution in [3.8, 4) is 17.6 Å². The average molecular weight is 456 g/mol. The van der Waals surface area contributed by atoms with Gasteiger partial charge in [-0.05, 0) is 48.9 Å². The predicted octanol–water partition coefficient (Wildman–Crippen LogP) is 5.41. The molecular formula is C18H13BrCl2N2O3.